The number of methoxy groups -OCH3 is 4. The Morgan fingerprint density at radius 2 is 1.47 bits per heavy atom. The number of nitrogens with two attached hydrogens (primary N) is 1. The minimum absolute atomic E-state index is 0.282. The van der Waals surface area contributed by atoms with E-state index in [2.05, 4.69) is 0 Å². The van der Waals surface area contributed by atoms with Gasteiger partial charge in [-0.15, -0.1) is 11.3 Å². The smallest absolute Gasteiger partial charge is 0.255 e. The fourth-order valence-corrected chi connectivity index (χ4v) is 4.70. The molecule has 2 N–H and O–H groups in total. The number of aromatic nitrogens is 1. The van der Waals surface area contributed by atoms with Crippen LogP contribution in [0.25, 0.3) is 32.9 Å². The minimum Gasteiger partial charge on any atom is -0.493 e. The number of benzene rings is 3. The first-order valence-electron chi connectivity index (χ1n) is 10.9. The van der Waals surface area contributed by atoms with Crippen molar-refractivity contribution in [3.8, 4) is 39.3 Å². The Balaban J connectivity index is 1.81. The Morgan fingerprint density at radius 1 is 0.861 bits per heavy atom. The van der Waals surface area contributed by atoms with E-state index in [1.54, 1.807) is 45.8 Å². The average molecular weight is 507 g/mol. The molecule has 36 heavy (non-hydrogen) atoms. The SMILES string of the molecule is COc1cc(/C=C\c2cc(OCC(N)=O)c(OC)c(-c3nc4ccccc4s3)c2)cc(OC)c1OC. The molecule has 4 aromatic rings. The van der Waals surface area contributed by atoms with E-state index in [9.17, 15) is 4.79 Å². The maximum Gasteiger partial charge on any atom is 0.255 e. The Morgan fingerprint density at radius 3 is 2.06 bits per heavy atom. The average Bonchev–Trinajstić information content (AvgIpc) is 3.33. The molecule has 1 amide bonds. The number of para-hydroxylation sites is 1. The summed E-state index contributed by atoms with van der Waals surface area (Å²) in [5, 5.41) is 0.764. The van der Waals surface area contributed by atoms with Gasteiger partial charge < -0.3 is 29.4 Å². The van der Waals surface area contributed by atoms with Crippen molar-refractivity contribution in [2.45, 2.75) is 0 Å². The van der Waals surface area contributed by atoms with Crippen molar-refractivity contribution < 1.29 is 28.5 Å². The van der Waals surface area contributed by atoms with E-state index in [0.717, 1.165) is 31.9 Å². The molecule has 0 unspecified atom stereocenters. The summed E-state index contributed by atoms with van der Waals surface area (Å²) in [6, 6.07) is 15.3. The second-order valence-corrected chi connectivity index (χ2v) is 8.66. The second-order valence-electron chi connectivity index (χ2n) is 7.63. The van der Waals surface area contributed by atoms with Gasteiger partial charge in [0.1, 0.15) is 5.01 Å². The van der Waals surface area contributed by atoms with E-state index in [4.69, 9.17) is 34.4 Å². The summed E-state index contributed by atoms with van der Waals surface area (Å²) in [5.74, 6) is 1.88. The van der Waals surface area contributed by atoms with Crippen molar-refractivity contribution in [2.24, 2.45) is 5.73 Å². The lowest BCUT2D eigenvalue weighted by Gasteiger charge is -2.14. The summed E-state index contributed by atoms with van der Waals surface area (Å²) in [6.07, 6.45) is 3.82. The van der Waals surface area contributed by atoms with E-state index in [1.807, 2.05) is 54.6 Å². The number of hydrogen-bond acceptors (Lipinski definition) is 8. The number of primary amides is 1. The molecule has 1 heterocycles. The highest BCUT2D eigenvalue weighted by molar-refractivity contribution is 7.21. The zero-order valence-corrected chi connectivity index (χ0v) is 21.2. The van der Waals surface area contributed by atoms with Gasteiger partial charge in [-0.2, -0.15) is 0 Å². The van der Waals surface area contributed by atoms with Crippen LogP contribution in [0.5, 0.6) is 28.7 Å². The number of carbonyl (C=O) groups excluding carboxylic acids is 1. The third-order valence-electron chi connectivity index (χ3n) is 5.33. The first-order valence-corrected chi connectivity index (χ1v) is 11.8. The summed E-state index contributed by atoms with van der Waals surface area (Å²) in [5.41, 5.74) is 8.59. The van der Waals surface area contributed by atoms with Crippen LogP contribution in [-0.2, 0) is 4.79 Å². The van der Waals surface area contributed by atoms with E-state index in [0.29, 0.717) is 28.7 Å². The van der Waals surface area contributed by atoms with Crippen LogP contribution in [-0.4, -0.2) is 45.9 Å². The summed E-state index contributed by atoms with van der Waals surface area (Å²) >= 11 is 1.54. The van der Waals surface area contributed by atoms with E-state index < -0.39 is 5.91 Å². The molecular weight excluding hydrogens is 480 g/mol. The number of rotatable bonds is 10. The highest BCUT2D eigenvalue weighted by atomic mass is 32.1. The molecule has 0 aliphatic heterocycles. The van der Waals surface area contributed by atoms with Gasteiger partial charge >= 0.3 is 0 Å². The summed E-state index contributed by atoms with van der Waals surface area (Å²) in [6.45, 7) is -0.282. The Hall–Kier alpha value is -4.24. The third kappa shape index (κ3) is 5.21. The molecule has 0 spiro atoms. The highest BCUT2D eigenvalue weighted by Gasteiger charge is 2.18. The highest BCUT2D eigenvalue weighted by Crippen LogP contribution is 2.43. The van der Waals surface area contributed by atoms with Crippen LogP contribution < -0.4 is 29.4 Å². The van der Waals surface area contributed by atoms with E-state index in [1.165, 1.54) is 0 Å². The molecule has 0 aliphatic carbocycles. The molecule has 0 aliphatic rings. The zero-order chi connectivity index (χ0) is 25.7. The van der Waals surface area contributed by atoms with Crippen LogP contribution in [0.1, 0.15) is 11.1 Å². The number of ether oxygens (including phenoxy) is 5. The quantitative estimate of drug-likeness (QED) is 0.301. The molecule has 3 aromatic carbocycles. The molecule has 186 valence electrons. The molecule has 0 saturated heterocycles. The minimum atomic E-state index is -0.586. The summed E-state index contributed by atoms with van der Waals surface area (Å²) < 4.78 is 28.8. The fraction of sp³-hybridized carbons (Fsp3) is 0.185. The van der Waals surface area contributed by atoms with Gasteiger partial charge in [0.2, 0.25) is 5.75 Å². The molecular formula is C27H26N2O6S. The van der Waals surface area contributed by atoms with Gasteiger partial charge in [0.25, 0.3) is 5.91 Å². The molecule has 0 radical (unpaired) electrons. The molecule has 8 nitrogen and oxygen atoms in total. The molecule has 0 fully saturated rings. The largest absolute Gasteiger partial charge is 0.493 e. The van der Waals surface area contributed by atoms with Gasteiger partial charge in [0.05, 0.1) is 44.2 Å². The van der Waals surface area contributed by atoms with Crippen molar-refractivity contribution in [3.05, 3.63) is 59.7 Å². The first kappa shape index (κ1) is 24.9. The van der Waals surface area contributed by atoms with Crippen molar-refractivity contribution in [2.75, 3.05) is 35.0 Å². The van der Waals surface area contributed by atoms with Crippen molar-refractivity contribution in [3.63, 3.8) is 0 Å². The molecule has 1 aromatic heterocycles. The Bertz CT molecular complexity index is 1370. The number of fused-ring (bicyclic) bond motifs is 1. The zero-order valence-electron chi connectivity index (χ0n) is 20.4. The number of amides is 1. The lowest BCUT2D eigenvalue weighted by molar-refractivity contribution is -0.119. The lowest BCUT2D eigenvalue weighted by Crippen LogP contribution is -2.20. The summed E-state index contributed by atoms with van der Waals surface area (Å²) in [4.78, 5) is 16.2. The predicted octanol–water partition coefficient (Wildman–Crippen LogP) is 5.03. The van der Waals surface area contributed by atoms with E-state index in [-0.39, 0.29) is 6.61 Å². The molecule has 9 heteroatoms. The predicted molar refractivity (Wildman–Crippen MR) is 141 cm³/mol. The Labute approximate surface area is 212 Å². The topological polar surface area (TPSA) is 102 Å². The third-order valence-corrected chi connectivity index (χ3v) is 6.40. The van der Waals surface area contributed by atoms with Gasteiger partial charge in [-0.1, -0.05) is 24.3 Å². The van der Waals surface area contributed by atoms with Crippen LogP contribution in [0.3, 0.4) is 0 Å². The molecule has 4 rings (SSSR count). The first-order chi connectivity index (χ1) is 17.5. The second kappa shape index (κ2) is 11.0. The molecule has 0 saturated carbocycles. The molecule has 0 atom stereocenters. The molecule has 0 bridgehead atoms. The number of nitrogens with zero attached hydrogens (tertiary/aromatic N) is 1. The van der Waals surface area contributed by atoms with Crippen molar-refractivity contribution in [1.29, 1.82) is 0 Å². The van der Waals surface area contributed by atoms with Crippen molar-refractivity contribution >= 4 is 39.6 Å². The number of carbonyl (C=O) groups is 1. The van der Waals surface area contributed by atoms with Gasteiger partial charge in [0, 0.05) is 0 Å². The van der Waals surface area contributed by atoms with Gasteiger partial charge in [-0.05, 0) is 47.5 Å². The van der Waals surface area contributed by atoms with Crippen molar-refractivity contribution in [1.82, 2.24) is 4.98 Å². The standard InChI is InChI=1S/C27H26N2O6S/c1-31-20-12-17(13-21(32-2)26(20)34-4)10-9-16-11-18(25(33-3)22(14-16)35-15-24(28)30)27-29-19-7-5-6-8-23(19)36-27/h5-14H,15H2,1-4H3,(H2,28,30)/b10-9-. The van der Waals surface area contributed by atoms with Gasteiger partial charge in [-0.3, -0.25) is 4.79 Å². The van der Waals surface area contributed by atoms with Gasteiger partial charge in [-0.25, -0.2) is 4.98 Å². The normalized spacial score (nSPS) is 11.0. The van der Waals surface area contributed by atoms with Crippen LogP contribution in [0.4, 0.5) is 0 Å². The van der Waals surface area contributed by atoms with Crippen LogP contribution in [0, 0.1) is 0 Å². The maximum absolute atomic E-state index is 11.4. The number of thiazole rings is 1. The summed E-state index contributed by atoms with van der Waals surface area (Å²) in [7, 11) is 6.25. The van der Waals surface area contributed by atoms with Gasteiger partial charge in [0.15, 0.2) is 29.6 Å². The van der Waals surface area contributed by atoms with E-state index >= 15 is 0 Å². The maximum atomic E-state index is 11.4. The lowest BCUT2D eigenvalue weighted by atomic mass is 10.1. The van der Waals surface area contributed by atoms with Crippen LogP contribution >= 0.6 is 11.3 Å². The Kier molecular flexibility index (Phi) is 7.60. The monoisotopic (exact) mass is 506 g/mol. The van der Waals surface area contributed by atoms with Crippen LogP contribution in [0.2, 0.25) is 0 Å². The number of hydrogen-bond donors (Lipinski definition) is 1. The van der Waals surface area contributed by atoms with Crippen LogP contribution in [0.15, 0.2) is 48.5 Å². The fourth-order valence-electron chi connectivity index (χ4n) is 3.72.